The standard InChI is InChI=1S/C21H23NO4/c1-2-26-21(24)18-8-6-17(7-9-18)20(23)19-5-3-4-16(14-19)15-22-10-12-25-13-11-22/h3-9,14H,2,10-13,15H2,1H3. The molecule has 0 N–H and O–H groups in total. The van der Waals surface area contributed by atoms with Crippen LogP contribution in [0.15, 0.2) is 48.5 Å². The molecule has 0 radical (unpaired) electrons. The van der Waals surface area contributed by atoms with Gasteiger partial charge in [-0.05, 0) is 30.7 Å². The van der Waals surface area contributed by atoms with Crippen LogP contribution in [0, 0.1) is 0 Å². The molecule has 26 heavy (non-hydrogen) atoms. The van der Waals surface area contributed by atoms with Crippen LogP contribution in [0.4, 0.5) is 0 Å². The molecule has 1 saturated heterocycles. The Labute approximate surface area is 153 Å². The molecule has 0 aromatic heterocycles. The van der Waals surface area contributed by atoms with Crippen molar-refractivity contribution in [3.63, 3.8) is 0 Å². The number of hydrogen-bond acceptors (Lipinski definition) is 5. The lowest BCUT2D eigenvalue weighted by Gasteiger charge is -2.26. The van der Waals surface area contributed by atoms with Gasteiger partial charge in [-0.2, -0.15) is 0 Å². The maximum Gasteiger partial charge on any atom is 0.338 e. The Bertz CT molecular complexity index is 764. The maximum absolute atomic E-state index is 12.7. The maximum atomic E-state index is 12.7. The van der Waals surface area contributed by atoms with Crippen LogP contribution >= 0.6 is 0 Å². The van der Waals surface area contributed by atoms with Gasteiger partial charge in [-0.25, -0.2) is 4.79 Å². The van der Waals surface area contributed by atoms with Crippen LogP contribution in [0.1, 0.15) is 38.8 Å². The van der Waals surface area contributed by atoms with E-state index in [-0.39, 0.29) is 11.8 Å². The minimum Gasteiger partial charge on any atom is -0.462 e. The van der Waals surface area contributed by atoms with Crippen molar-refractivity contribution >= 4 is 11.8 Å². The van der Waals surface area contributed by atoms with Gasteiger partial charge < -0.3 is 9.47 Å². The smallest absolute Gasteiger partial charge is 0.338 e. The number of esters is 1. The molecular formula is C21H23NO4. The van der Waals surface area contributed by atoms with Gasteiger partial charge >= 0.3 is 5.97 Å². The number of benzene rings is 2. The molecule has 1 aliphatic heterocycles. The highest BCUT2D eigenvalue weighted by Gasteiger charge is 2.14. The second kappa shape index (κ2) is 8.74. The lowest BCUT2D eigenvalue weighted by molar-refractivity contribution is 0.0342. The molecular weight excluding hydrogens is 330 g/mol. The molecule has 0 aliphatic carbocycles. The van der Waals surface area contributed by atoms with Crippen molar-refractivity contribution in [3.8, 4) is 0 Å². The predicted molar refractivity (Wildman–Crippen MR) is 98.4 cm³/mol. The summed E-state index contributed by atoms with van der Waals surface area (Å²) in [5, 5.41) is 0. The van der Waals surface area contributed by atoms with Gasteiger partial charge in [0.25, 0.3) is 0 Å². The van der Waals surface area contributed by atoms with Crippen LogP contribution in [0.25, 0.3) is 0 Å². The zero-order valence-electron chi connectivity index (χ0n) is 14.9. The van der Waals surface area contributed by atoms with Gasteiger partial charge in [-0.15, -0.1) is 0 Å². The SMILES string of the molecule is CCOC(=O)c1ccc(C(=O)c2cccc(CN3CCOCC3)c2)cc1. The number of ketones is 1. The molecule has 1 aliphatic rings. The van der Waals surface area contributed by atoms with Crippen molar-refractivity contribution in [2.24, 2.45) is 0 Å². The van der Waals surface area contributed by atoms with Gasteiger partial charge in [0.05, 0.1) is 25.4 Å². The number of carbonyl (C=O) groups excluding carboxylic acids is 2. The van der Waals surface area contributed by atoms with Crippen molar-refractivity contribution in [2.45, 2.75) is 13.5 Å². The molecule has 3 rings (SSSR count). The summed E-state index contributed by atoms with van der Waals surface area (Å²) in [6, 6.07) is 14.3. The minimum absolute atomic E-state index is 0.0516. The molecule has 136 valence electrons. The molecule has 0 saturated carbocycles. The van der Waals surface area contributed by atoms with E-state index in [1.54, 1.807) is 31.2 Å². The first kappa shape index (κ1) is 18.3. The third-order valence-corrected chi connectivity index (χ3v) is 4.36. The van der Waals surface area contributed by atoms with Crippen molar-refractivity contribution in [1.82, 2.24) is 4.90 Å². The van der Waals surface area contributed by atoms with Crippen LogP contribution in [0.2, 0.25) is 0 Å². The topological polar surface area (TPSA) is 55.8 Å². The van der Waals surface area contributed by atoms with Crippen molar-refractivity contribution in [1.29, 1.82) is 0 Å². The summed E-state index contributed by atoms with van der Waals surface area (Å²) in [5.74, 6) is -0.428. The fourth-order valence-electron chi connectivity index (χ4n) is 2.97. The zero-order chi connectivity index (χ0) is 18.4. The molecule has 1 heterocycles. The molecule has 1 fully saturated rings. The average molecular weight is 353 g/mol. The van der Waals surface area contributed by atoms with E-state index in [2.05, 4.69) is 4.90 Å². The lowest BCUT2D eigenvalue weighted by atomic mass is 10.00. The van der Waals surface area contributed by atoms with E-state index < -0.39 is 0 Å². The number of carbonyl (C=O) groups is 2. The van der Waals surface area contributed by atoms with Crippen LogP contribution < -0.4 is 0 Å². The van der Waals surface area contributed by atoms with E-state index in [1.165, 1.54) is 0 Å². The van der Waals surface area contributed by atoms with Crippen LogP contribution in [0.5, 0.6) is 0 Å². The molecule has 0 spiro atoms. The van der Waals surface area contributed by atoms with Crippen LogP contribution in [-0.4, -0.2) is 49.6 Å². The highest BCUT2D eigenvalue weighted by molar-refractivity contribution is 6.09. The average Bonchev–Trinajstić information content (AvgIpc) is 2.69. The van der Waals surface area contributed by atoms with Crippen molar-refractivity contribution in [2.75, 3.05) is 32.9 Å². The minimum atomic E-state index is -0.376. The third-order valence-electron chi connectivity index (χ3n) is 4.36. The summed E-state index contributed by atoms with van der Waals surface area (Å²) >= 11 is 0. The van der Waals surface area contributed by atoms with Crippen LogP contribution in [0.3, 0.4) is 0 Å². The summed E-state index contributed by atoms with van der Waals surface area (Å²) in [7, 11) is 0. The molecule has 2 aromatic rings. The molecule has 0 bridgehead atoms. The fraction of sp³-hybridized carbons (Fsp3) is 0.333. The van der Waals surface area contributed by atoms with E-state index in [0.29, 0.717) is 23.3 Å². The number of morpholine rings is 1. The van der Waals surface area contributed by atoms with Gasteiger partial charge in [-0.1, -0.05) is 30.3 Å². The molecule has 0 atom stereocenters. The first-order valence-corrected chi connectivity index (χ1v) is 8.88. The molecule has 0 unspecified atom stereocenters. The van der Waals surface area contributed by atoms with E-state index in [9.17, 15) is 9.59 Å². The summed E-state index contributed by atoms with van der Waals surface area (Å²) in [5.41, 5.74) is 2.77. The highest BCUT2D eigenvalue weighted by Crippen LogP contribution is 2.15. The van der Waals surface area contributed by atoms with E-state index >= 15 is 0 Å². The fourth-order valence-corrected chi connectivity index (χ4v) is 2.97. The molecule has 5 nitrogen and oxygen atoms in total. The Hall–Kier alpha value is -2.50. The first-order valence-electron chi connectivity index (χ1n) is 8.88. The largest absolute Gasteiger partial charge is 0.462 e. The lowest BCUT2D eigenvalue weighted by Crippen LogP contribution is -2.35. The van der Waals surface area contributed by atoms with Crippen LogP contribution in [-0.2, 0) is 16.0 Å². The number of rotatable bonds is 6. The van der Waals surface area contributed by atoms with Gasteiger partial charge in [0.2, 0.25) is 0 Å². The molecule has 2 aromatic carbocycles. The molecule has 0 amide bonds. The predicted octanol–water partition coefficient (Wildman–Crippen LogP) is 2.93. The Morgan fingerprint density at radius 3 is 2.38 bits per heavy atom. The summed E-state index contributed by atoms with van der Waals surface area (Å²) in [6.45, 7) is 6.24. The first-order chi connectivity index (χ1) is 12.7. The second-order valence-corrected chi connectivity index (χ2v) is 6.22. The van der Waals surface area contributed by atoms with E-state index in [4.69, 9.17) is 9.47 Å². The Morgan fingerprint density at radius 2 is 1.69 bits per heavy atom. The highest BCUT2D eigenvalue weighted by atomic mass is 16.5. The van der Waals surface area contributed by atoms with Crippen molar-refractivity contribution < 1.29 is 19.1 Å². The molecule has 5 heteroatoms. The van der Waals surface area contributed by atoms with Gasteiger partial charge in [0.1, 0.15) is 0 Å². The number of hydrogen-bond donors (Lipinski definition) is 0. The van der Waals surface area contributed by atoms with E-state index in [0.717, 1.165) is 38.4 Å². The Kier molecular flexibility index (Phi) is 6.15. The van der Waals surface area contributed by atoms with Crippen molar-refractivity contribution in [3.05, 3.63) is 70.8 Å². The Balaban J connectivity index is 1.71. The Morgan fingerprint density at radius 1 is 1.00 bits per heavy atom. The normalized spacial score (nSPS) is 14.8. The van der Waals surface area contributed by atoms with E-state index in [1.807, 2.05) is 24.3 Å². The summed E-state index contributed by atoms with van der Waals surface area (Å²) in [4.78, 5) is 26.8. The summed E-state index contributed by atoms with van der Waals surface area (Å²) < 4.78 is 10.3. The quantitative estimate of drug-likeness (QED) is 0.590. The monoisotopic (exact) mass is 353 g/mol. The zero-order valence-corrected chi connectivity index (χ0v) is 14.9. The summed E-state index contributed by atoms with van der Waals surface area (Å²) in [6.07, 6.45) is 0. The number of ether oxygens (including phenoxy) is 2. The van der Waals surface area contributed by atoms with Gasteiger partial charge in [0.15, 0.2) is 5.78 Å². The van der Waals surface area contributed by atoms with Gasteiger partial charge in [-0.3, -0.25) is 9.69 Å². The van der Waals surface area contributed by atoms with Gasteiger partial charge in [0, 0.05) is 30.8 Å². The third kappa shape index (κ3) is 4.56. The second-order valence-electron chi connectivity index (χ2n) is 6.22. The number of nitrogens with zero attached hydrogens (tertiary/aromatic N) is 1.